The molecule has 0 heterocycles. The Morgan fingerprint density at radius 2 is 2.21 bits per heavy atom. The quantitative estimate of drug-likeness (QED) is 0.853. The first-order chi connectivity index (χ1) is 8.95. The zero-order valence-electron chi connectivity index (χ0n) is 11.7. The highest BCUT2D eigenvalue weighted by Gasteiger charge is 2.48. The Bertz CT molecular complexity index is 450. The third-order valence-corrected chi connectivity index (χ3v) is 5.30. The monoisotopic (exact) mass is 345 g/mol. The molecule has 0 radical (unpaired) electrons. The number of ether oxygens (including phenoxy) is 1. The largest absolute Gasteiger partial charge is 0.378 e. The van der Waals surface area contributed by atoms with Crippen molar-refractivity contribution in [3.05, 3.63) is 33.3 Å². The summed E-state index contributed by atoms with van der Waals surface area (Å²) < 4.78 is 6.70. The second-order valence-corrected chi connectivity index (χ2v) is 6.94. The summed E-state index contributed by atoms with van der Waals surface area (Å²) in [5.74, 6) is 0. The van der Waals surface area contributed by atoms with Crippen molar-refractivity contribution in [2.45, 2.75) is 45.9 Å². The fourth-order valence-electron chi connectivity index (χ4n) is 2.61. The van der Waals surface area contributed by atoms with Gasteiger partial charge in [-0.25, -0.2) is 0 Å². The van der Waals surface area contributed by atoms with Gasteiger partial charge in [-0.1, -0.05) is 31.5 Å². The van der Waals surface area contributed by atoms with Crippen molar-refractivity contribution in [2.75, 3.05) is 6.61 Å². The first-order valence-electron chi connectivity index (χ1n) is 6.74. The molecule has 19 heavy (non-hydrogen) atoms. The van der Waals surface area contributed by atoms with Crippen molar-refractivity contribution in [3.63, 3.8) is 0 Å². The molecule has 1 N–H and O–H groups in total. The lowest BCUT2D eigenvalue weighted by atomic mass is 9.64. The average molecular weight is 347 g/mol. The molecule has 106 valence electrons. The van der Waals surface area contributed by atoms with E-state index < -0.39 is 0 Å². The second-order valence-electron chi connectivity index (χ2n) is 5.68. The molecule has 4 heteroatoms. The van der Waals surface area contributed by atoms with Crippen LogP contribution >= 0.6 is 27.5 Å². The van der Waals surface area contributed by atoms with Gasteiger partial charge in [-0.2, -0.15) is 0 Å². The minimum Gasteiger partial charge on any atom is -0.378 e. The van der Waals surface area contributed by atoms with Crippen molar-refractivity contribution < 1.29 is 4.74 Å². The minimum absolute atomic E-state index is 0.208. The van der Waals surface area contributed by atoms with Crippen molar-refractivity contribution >= 4 is 27.5 Å². The molecule has 0 saturated heterocycles. The maximum Gasteiger partial charge on any atom is 0.0655 e. The highest BCUT2D eigenvalue weighted by Crippen LogP contribution is 2.42. The topological polar surface area (TPSA) is 21.3 Å². The SMILES string of the molecule is CCOC1CC(NCc2ccc(Cl)c(Br)c2)C1(C)C. The van der Waals surface area contributed by atoms with Gasteiger partial charge in [0.1, 0.15) is 0 Å². The van der Waals surface area contributed by atoms with Crippen LogP contribution in [0, 0.1) is 5.41 Å². The van der Waals surface area contributed by atoms with Gasteiger partial charge in [-0.05, 0) is 47.0 Å². The molecule has 0 aromatic heterocycles. The van der Waals surface area contributed by atoms with E-state index in [0.717, 1.165) is 29.1 Å². The van der Waals surface area contributed by atoms with Crippen molar-refractivity contribution in [2.24, 2.45) is 5.41 Å². The second kappa shape index (κ2) is 6.13. The standard InChI is InChI=1S/C15H21BrClNO/c1-4-19-14-8-13(15(14,2)3)18-9-10-5-6-12(17)11(16)7-10/h5-7,13-14,18H,4,8-9H2,1-3H3. The fourth-order valence-corrected chi connectivity index (χ4v) is 3.15. The third kappa shape index (κ3) is 3.33. The summed E-state index contributed by atoms with van der Waals surface area (Å²) >= 11 is 9.45. The van der Waals surface area contributed by atoms with E-state index in [4.69, 9.17) is 16.3 Å². The van der Waals surface area contributed by atoms with Crippen LogP contribution in [0.3, 0.4) is 0 Å². The van der Waals surface area contributed by atoms with Crippen LogP contribution in [0.1, 0.15) is 32.8 Å². The van der Waals surface area contributed by atoms with Crippen LogP contribution in [0.25, 0.3) is 0 Å². The number of hydrogen-bond acceptors (Lipinski definition) is 2. The molecule has 0 spiro atoms. The molecule has 0 aliphatic heterocycles. The summed E-state index contributed by atoms with van der Waals surface area (Å²) in [5, 5.41) is 4.37. The van der Waals surface area contributed by atoms with Crippen LogP contribution < -0.4 is 5.32 Å². The summed E-state index contributed by atoms with van der Waals surface area (Å²) in [5.41, 5.74) is 1.45. The van der Waals surface area contributed by atoms with E-state index in [2.05, 4.69) is 54.2 Å². The highest BCUT2D eigenvalue weighted by atomic mass is 79.9. The van der Waals surface area contributed by atoms with Crippen LogP contribution in [-0.2, 0) is 11.3 Å². The van der Waals surface area contributed by atoms with Gasteiger partial charge in [0.25, 0.3) is 0 Å². The molecule has 1 fully saturated rings. The lowest BCUT2D eigenvalue weighted by molar-refractivity contribution is -0.114. The first kappa shape index (κ1) is 15.3. The van der Waals surface area contributed by atoms with E-state index in [1.54, 1.807) is 0 Å². The van der Waals surface area contributed by atoms with Gasteiger partial charge >= 0.3 is 0 Å². The lowest BCUT2D eigenvalue weighted by Crippen LogP contribution is -2.60. The maximum atomic E-state index is 6.00. The van der Waals surface area contributed by atoms with E-state index in [-0.39, 0.29) is 5.41 Å². The van der Waals surface area contributed by atoms with Gasteiger partial charge in [-0.15, -0.1) is 0 Å². The lowest BCUT2D eigenvalue weighted by Gasteiger charge is -2.52. The van der Waals surface area contributed by atoms with Gasteiger partial charge in [-0.3, -0.25) is 0 Å². The van der Waals surface area contributed by atoms with E-state index in [9.17, 15) is 0 Å². The Morgan fingerprint density at radius 1 is 1.47 bits per heavy atom. The van der Waals surface area contributed by atoms with Gasteiger partial charge in [0, 0.05) is 29.1 Å². The smallest absolute Gasteiger partial charge is 0.0655 e. The summed E-state index contributed by atoms with van der Waals surface area (Å²) in [7, 11) is 0. The van der Waals surface area contributed by atoms with Crippen LogP contribution in [0.2, 0.25) is 5.02 Å². The molecule has 1 aliphatic rings. The molecular formula is C15H21BrClNO. The molecule has 2 atom stereocenters. The summed E-state index contributed by atoms with van der Waals surface area (Å²) in [6.45, 7) is 8.26. The van der Waals surface area contributed by atoms with Crippen LogP contribution in [-0.4, -0.2) is 18.8 Å². The predicted octanol–water partition coefficient (Wildman–Crippen LogP) is 4.40. The molecule has 1 aromatic carbocycles. The molecule has 2 rings (SSSR count). The zero-order chi connectivity index (χ0) is 14.0. The van der Waals surface area contributed by atoms with Crippen molar-refractivity contribution in [3.8, 4) is 0 Å². The van der Waals surface area contributed by atoms with Crippen molar-refractivity contribution in [1.29, 1.82) is 0 Å². The van der Waals surface area contributed by atoms with Crippen LogP contribution in [0.5, 0.6) is 0 Å². The number of benzene rings is 1. The number of rotatable bonds is 5. The Morgan fingerprint density at radius 3 is 2.79 bits per heavy atom. The Kier molecular flexibility index (Phi) is 4.93. The molecule has 1 aliphatic carbocycles. The van der Waals surface area contributed by atoms with Crippen LogP contribution in [0.15, 0.2) is 22.7 Å². The van der Waals surface area contributed by atoms with Crippen LogP contribution in [0.4, 0.5) is 0 Å². The molecule has 2 unspecified atom stereocenters. The first-order valence-corrected chi connectivity index (χ1v) is 7.91. The van der Waals surface area contributed by atoms with Gasteiger partial charge in [0.05, 0.1) is 11.1 Å². The normalized spacial score (nSPS) is 25.1. The van der Waals surface area contributed by atoms with Gasteiger partial charge in [0.2, 0.25) is 0 Å². The van der Waals surface area contributed by atoms with Gasteiger partial charge in [0.15, 0.2) is 0 Å². The molecule has 0 amide bonds. The molecular weight excluding hydrogens is 326 g/mol. The Hall–Kier alpha value is -0.0900. The maximum absolute atomic E-state index is 6.00. The van der Waals surface area contributed by atoms with E-state index >= 15 is 0 Å². The number of hydrogen-bond donors (Lipinski definition) is 1. The minimum atomic E-state index is 0.208. The summed E-state index contributed by atoms with van der Waals surface area (Å²) in [6.07, 6.45) is 1.47. The molecule has 1 saturated carbocycles. The molecule has 2 nitrogen and oxygen atoms in total. The Balaban J connectivity index is 1.88. The fraction of sp³-hybridized carbons (Fsp3) is 0.600. The summed E-state index contributed by atoms with van der Waals surface area (Å²) in [4.78, 5) is 0. The van der Waals surface area contributed by atoms with Gasteiger partial charge < -0.3 is 10.1 Å². The third-order valence-electron chi connectivity index (χ3n) is 4.08. The predicted molar refractivity (Wildman–Crippen MR) is 83.6 cm³/mol. The average Bonchev–Trinajstić information content (AvgIpc) is 2.37. The number of halogens is 2. The number of nitrogens with one attached hydrogen (secondary N) is 1. The van der Waals surface area contributed by atoms with E-state index in [1.165, 1.54) is 5.56 Å². The Labute approximate surface area is 129 Å². The highest BCUT2D eigenvalue weighted by molar-refractivity contribution is 9.10. The van der Waals surface area contributed by atoms with E-state index in [1.807, 2.05) is 6.07 Å². The molecule has 0 bridgehead atoms. The summed E-state index contributed by atoms with van der Waals surface area (Å²) in [6, 6.07) is 6.57. The molecule has 1 aromatic rings. The zero-order valence-corrected chi connectivity index (χ0v) is 14.0. The van der Waals surface area contributed by atoms with E-state index in [0.29, 0.717) is 12.1 Å². The van der Waals surface area contributed by atoms with Crippen molar-refractivity contribution in [1.82, 2.24) is 5.32 Å².